The van der Waals surface area contributed by atoms with Crippen molar-refractivity contribution in [3.8, 4) is 29.0 Å². The zero-order chi connectivity index (χ0) is 33.9. The maximum Gasteiger partial charge on any atom is 0.319 e. The molecule has 250 valence electrons. The number of rotatable bonds is 8. The van der Waals surface area contributed by atoms with Gasteiger partial charge in [-0.2, -0.15) is 24.0 Å². The lowest BCUT2D eigenvalue weighted by Crippen LogP contribution is -2.43. The fourth-order valence-corrected chi connectivity index (χ4v) is 8.41. The van der Waals surface area contributed by atoms with Crippen molar-refractivity contribution in [1.82, 2.24) is 14.9 Å². The number of thiophene rings is 1. The van der Waals surface area contributed by atoms with Gasteiger partial charge in [-0.05, 0) is 37.4 Å². The van der Waals surface area contributed by atoms with Crippen molar-refractivity contribution in [1.29, 1.82) is 5.26 Å². The van der Waals surface area contributed by atoms with Crippen LogP contribution in [0, 0.1) is 23.0 Å². The number of nitrogen functional groups attached to an aromatic ring is 1. The van der Waals surface area contributed by atoms with Gasteiger partial charge in [-0.15, -0.1) is 17.9 Å². The summed E-state index contributed by atoms with van der Waals surface area (Å²) in [6.45, 7) is 5.40. The van der Waals surface area contributed by atoms with Crippen LogP contribution in [0.2, 0.25) is 5.02 Å². The van der Waals surface area contributed by atoms with Gasteiger partial charge in [0.2, 0.25) is 0 Å². The van der Waals surface area contributed by atoms with Crippen LogP contribution in [0.1, 0.15) is 24.8 Å². The maximum absolute atomic E-state index is 17.1. The van der Waals surface area contributed by atoms with Gasteiger partial charge in [-0.3, -0.25) is 4.90 Å². The molecule has 7 rings (SSSR count). The number of fused-ring (bicyclic) bond motifs is 2. The molecule has 2 N–H and O–H groups in total. The van der Waals surface area contributed by atoms with Crippen LogP contribution in [-0.2, 0) is 4.74 Å². The number of anilines is 2. The molecule has 0 radical (unpaired) electrons. The highest BCUT2D eigenvalue weighted by Crippen LogP contribution is 2.51. The van der Waals surface area contributed by atoms with E-state index in [9.17, 15) is 18.4 Å². The second kappa shape index (κ2) is 12.4. The number of nitrogens with zero attached hydrogens (tertiary/aromatic N) is 5. The highest BCUT2D eigenvalue weighted by Gasteiger charge is 2.48. The zero-order valence-electron chi connectivity index (χ0n) is 25.7. The van der Waals surface area contributed by atoms with Gasteiger partial charge in [0.1, 0.15) is 41.4 Å². The lowest BCUT2D eigenvalue weighted by molar-refractivity contribution is 0.108. The van der Waals surface area contributed by atoms with E-state index in [1.165, 1.54) is 6.07 Å². The second-order valence-electron chi connectivity index (χ2n) is 12.0. The third-order valence-electron chi connectivity index (χ3n) is 9.42. The molecule has 0 saturated carbocycles. The van der Waals surface area contributed by atoms with Gasteiger partial charge in [0, 0.05) is 36.7 Å². The molecular weight excluding hydrogens is 672 g/mol. The number of benzene rings is 2. The Labute approximate surface area is 281 Å². The Balaban J connectivity index is 1.45. The number of aromatic nitrogens is 2. The van der Waals surface area contributed by atoms with Crippen LogP contribution in [-0.4, -0.2) is 73.0 Å². The molecule has 2 saturated heterocycles. The van der Waals surface area contributed by atoms with E-state index in [0.29, 0.717) is 19.5 Å². The molecule has 48 heavy (non-hydrogen) atoms. The minimum Gasteiger partial charge on any atom is -0.489 e. The summed E-state index contributed by atoms with van der Waals surface area (Å²) in [5, 5.41) is 10.1. The topological polar surface area (TPSA) is 110 Å². The van der Waals surface area contributed by atoms with Gasteiger partial charge in [0.05, 0.1) is 38.9 Å². The highest BCUT2D eigenvalue weighted by atomic mass is 35.5. The number of halogens is 5. The SMILES string of the molecule is C=C[C@@H]1COc2c(Cl)c(-c3ccc(F)c4sc(N)c(C#N)c34)c(F)c3nc(OC[C@@]45CCCN4CC(=C(F)F)C5)nc(c23)N1CCOC. The van der Waals surface area contributed by atoms with Crippen molar-refractivity contribution in [2.45, 2.75) is 30.8 Å². The van der Waals surface area contributed by atoms with Gasteiger partial charge in [0.25, 0.3) is 6.08 Å². The van der Waals surface area contributed by atoms with E-state index in [-0.39, 0.29) is 104 Å². The molecule has 2 aromatic heterocycles. The summed E-state index contributed by atoms with van der Waals surface area (Å²) in [4.78, 5) is 13.1. The molecule has 0 amide bonds. The molecule has 9 nitrogen and oxygen atoms in total. The summed E-state index contributed by atoms with van der Waals surface area (Å²) in [5.41, 5.74) is 5.23. The van der Waals surface area contributed by atoms with Crippen molar-refractivity contribution in [3.05, 3.63) is 58.7 Å². The average Bonchev–Trinajstić information content (AvgIpc) is 3.71. The van der Waals surface area contributed by atoms with Crippen LogP contribution < -0.4 is 20.1 Å². The van der Waals surface area contributed by atoms with E-state index >= 15 is 4.39 Å². The molecule has 0 aliphatic carbocycles. The van der Waals surface area contributed by atoms with E-state index in [1.807, 2.05) is 15.9 Å². The molecular formula is C33H29ClF4N6O3S. The van der Waals surface area contributed by atoms with Crippen molar-refractivity contribution in [2.75, 3.05) is 57.2 Å². The fraction of sp³-hybridized carbons (Fsp3) is 0.364. The van der Waals surface area contributed by atoms with Crippen molar-refractivity contribution >= 4 is 54.7 Å². The largest absolute Gasteiger partial charge is 0.489 e. The molecule has 3 aliphatic rings. The third-order valence-corrected chi connectivity index (χ3v) is 10.8. The van der Waals surface area contributed by atoms with Crippen molar-refractivity contribution in [2.24, 2.45) is 0 Å². The average molecular weight is 701 g/mol. The molecule has 15 heteroatoms. The Hall–Kier alpha value is -4.16. The molecule has 2 aromatic carbocycles. The van der Waals surface area contributed by atoms with Crippen LogP contribution in [0.5, 0.6) is 11.8 Å². The Kier molecular flexibility index (Phi) is 8.35. The predicted molar refractivity (Wildman–Crippen MR) is 176 cm³/mol. The molecule has 0 bridgehead atoms. The van der Waals surface area contributed by atoms with Crippen LogP contribution in [0.4, 0.5) is 28.4 Å². The number of nitriles is 1. The highest BCUT2D eigenvalue weighted by molar-refractivity contribution is 7.23. The minimum absolute atomic E-state index is 0.00139. The second-order valence-corrected chi connectivity index (χ2v) is 13.4. The Morgan fingerprint density at radius 2 is 2.12 bits per heavy atom. The summed E-state index contributed by atoms with van der Waals surface area (Å²) in [6, 6.07) is 3.86. The van der Waals surface area contributed by atoms with Crippen LogP contribution in [0.25, 0.3) is 32.1 Å². The molecule has 2 fully saturated rings. The quantitative estimate of drug-likeness (QED) is 0.153. The summed E-state index contributed by atoms with van der Waals surface area (Å²) in [7, 11) is 1.55. The molecule has 4 aromatic rings. The van der Waals surface area contributed by atoms with Crippen LogP contribution in [0.3, 0.4) is 0 Å². The summed E-state index contributed by atoms with van der Waals surface area (Å²) >= 11 is 7.86. The number of methoxy groups -OCH3 is 1. The van der Waals surface area contributed by atoms with E-state index in [2.05, 4.69) is 11.6 Å². The van der Waals surface area contributed by atoms with Gasteiger partial charge in [-0.1, -0.05) is 23.7 Å². The minimum atomic E-state index is -1.68. The lowest BCUT2D eigenvalue weighted by Gasteiger charge is -2.31. The van der Waals surface area contributed by atoms with Gasteiger partial charge >= 0.3 is 6.01 Å². The Morgan fingerprint density at radius 1 is 1.31 bits per heavy atom. The Bertz CT molecular complexity index is 2070. The van der Waals surface area contributed by atoms with E-state index < -0.39 is 29.3 Å². The van der Waals surface area contributed by atoms with E-state index in [1.54, 1.807) is 13.2 Å². The van der Waals surface area contributed by atoms with Gasteiger partial charge in [0.15, 0.2) is 11.6 Å². The van der Waals surface area contributed by atoms with Crippen molar-refractivity contribution in [3.63, 3.8) is 0 Å². The first-order valence-corrected chi connectivity index (χ1v) is 16.4. The molecule has 0 unspecified atom stereocenters. The third kappa shape index (κ3) is 5.03. The first-order valence-electron chi connectivity index (χ1n) is 15.2. The smallest absolute Gasteiger partial charge is 0.319 e. The number of nitrogens with two attached hydrogens (primary N) is 1. The van der Waals surface area contributed by atoms with Crippen LogP contribution in [0.15, 0.2) is 36.4 Å². The van der Waals surface area contributed by atoms with Crippen LogP contribution >= 0.6 is 22.9 Å². The maximum atomic E-state index is 17.1. The molecule has 5 heterocycles. The summed E-state index contributed by atoms with van der Waals surface area (Å²) in [6.07, 6.45) is 1.58. The molecule has 3 aliphatic heterocycles. The summed E-state index contributed by atoms with van der Waals surface area (Å²) < 4.78 is 77.2. The zero-order valence-corrected chi connectivity index (χ0v) is 27.3. The predicted octanol–water partition coefficient (Wildman–Crippen LogP) is 7.06. The summed E-state index contributed by atoms with van der Waals surface area (Å²) in [5.74, 6) is -1.17. The number of hydrogen-bond acceptors (Lipinski definition) is 10. The standard InChI is InChI=1S/C33H29ClF4N6O3S/c1-3-17-14-46-27-23-26(25(36)22(24(27)34)18-5-6-20(35)28-21(18)19(12-39)30(40)48-28)41-32(42-31(23)44(17)9-10-45-2)47-15-33-7-4-8-43(33)13-16(11-33)29(37)38/h3,5-6,17H,1,4,7-11,13-15,40H2,2H3/t17-,33+/m1/s1. The first-order chi connectivity index (χ1) is 23.1. The normalized spacial score (nSPS) is 20.6. The fourth-order valence-electron chi connectivity index (χ4n) is 7.13. The van der Waals surface area contributed by atoms with Gasteiger partial charge < -0.3 is 24.8 Å². The number of ether oxygens (including phenoxy) is 3. The van der Waals surface area contributed by atoms with Gasteiger partial charge in [-0.25, -0.2) is 8.78 Å². The number of hydrogen-bond donors (Lipinski definition) is 1. The lowest BCUT2D eigenvalue weighted by atomic mass is 9.94. The van der Waals surface area contributed by atoms with Crippen molar-refractivity contribution < 1.29 is 31.8 Å². The Morgan fingerprint density at radius 3 is 2.85 bits per heavy atom. The molecule has 0 spiro atoms. The van der Waals surface area contributed by atoms with E-state index in [4.69, 9.17) is 36.5 Å². The first kappa shape index (κ1) is 32.4. The van der Waals surface area contributed by atoms with E-state index in [0.717, 1.165) is 23.8 Å². The molecule has 2 atom stereocenters. The monoisotopic (exact) mass is 700 g/mol.